The van der Waals surface area contributed by atoms with Gasteiger partial charge in [0.15, 0.2) is 0 Å². The summed E-state index contributed by atoms with van der Waals surface area (Å²) in [6, 6.07) is 3.44. The molecule has 0 radical (unpaired) electrons. The van der Waals surface area contributed by atoms with Gasteiger partial charge in [0.05, 0.1) is 12.2 Å². The zero-order chi connectivity index (χ0) is 11.3. The number of nitrogens with two attached hydrogens (primary N) is 1. The highest BCUT2D eigenvalue weighted by Crippen LogP contribution is 2.15. The molecular formula is C11H18N2O2. The van der Waals surface area contributed by atoms with Gasteiger partial charge in [-0.15, -0.1) is 0 Å². The lowest BCUT2D eigenvalue weighted by molar-refractivity contribution is 0.00509. The van der Waals surface area contributed by atoms with Crippen LogP contribution in [0.5, 0.6) is 5.88 Å². The Bertz CT molecular complexity index is 313. The van der Waals surface area contributed by atoms with Gasteiger partial charge in [-0.05, 0) is 19.9 Å². The molecule has 0 spiro atoms. The number of anilines is 1. The second-order valence-corrected chi connectivity index (χ2v) is 3.99. The molecule has 0 saturated carbocycles. The summed E-state index contributed by atoms with van der Waals surface area (Å²) in [4.78, 5) is 4.04. The Kier molecular flexibility index (Phi) is 3.91. The van der Waals surface area contributed by atoms with Gasteiger partial charge in [0.2, 0.25) is 5.88 Å². The first kappa shape index (κ1) is 11.8. The fourth-order valence-corrected chi connectivity index (χ4v) is 1.01. The van der Waals surface area contributed by atoms with Crippen LogP contribution in [0.2, 0.25) is 0 Å². The van der Waals surface area contributed by atoms with Gasteiger partial charge in [0.25, 0.3) is 0 Å². The van der Waals surface area contributed by atoms with Crippen LogP contribution in [-0.2, 0) is 4.74 Å². The van der Waals surface area contributed by atoms with Crippen molar-refractivity contribution in [2.45, 2.75) is 25.9 Å². The molecule has 0 bridgehead atoms. The van der Waals surface area contributed by atoms with Gasteiger partial charge >= 0.3 is 0 Å². The van der Waals surface area contributed by atoms with Crippen molar-refractivity contribution in [1.29, 1.82) is 0 Å². The molecule has 0 unspecified atom stereocenters. The van der Waals surface area contributed by atoms with E-state index >= 15 is 0 Å². The monoisotopic (exact) mass is 210 g/mol. The minimum absolute atomic E-state index is 0.166. The van der Waals surface area contributed by atoms with Crippen LogP contribution < -0.4 is 10.5 Å². The molecule has 0 aliphatic rings. The fourth-order valence-electron chi connectivity index (χ4n) is 1.01. The topological polar surface area (TPSA) is 57.4 Å². The molecule has 2 N–H and O–H groups in total. The predicted octanol–water partition coefficient (Wildman–Crippen LogP) is 1.86. The van der Waals surface area contributed by atoms with Gasteiger partial charge < -0.3 is 15.2 Å². The van der Waals surface area contributed by atoms with Crippen molar-refractivity contribution in [2.75, 3.05) is 19.5 Å². The van der Waals surface area contributed by atoms with Crippen molar-refractivity contribution in [3.8, 4) is 5.88 Å². The van der Waals surface area contributed by atoms with Crippen LogP contribution in [-0.4, -0.2) is 24.3 Å². The van der Waals surface area contributed by atoms with Crippen molar-refractivity contribution < 1.29 is 9.47 Å². The highest BCUT2D eigenvalue weighted by molar-refractivity contribution is 5.39. The summed E-state index contributed by atoms with van der Waals surface area (Å²) in [5, 5.41) is 0. The first-order valence-electron chi connectivity index (χ1n) is 4.93. The van der Waals surface area contributed by atoms with E-state index in [2.05, 4.69) is 4.98 Å². The minimum atomic E-state index is -0.166. The molecule has 4 nitrogen and oxygen atoms in total. The molecule has 0 fully saturated rings. The van der Waals surface area contributed by atoms with Crippen LogP contribution in [0, 0.1) is 0 Å². The van der Waals surface area contributed by atoms with E-state index in [1.165, 1.54) is 0 Å². The predicted molar refractivity (Wildman–Crippen MR) is 59.8 cm³/mol. The summed E-state index contributed by atoms with van der Waals surface area (Å²) >= 11 is 0. The van der Waals surface area contributed by atoms with E-state index in [0.29, 0.717) is 18.2 Å². The quantitative estimate of drug-likeness (QED) is 0.805. The minimum Gasteiger partial charge on any atom is -0.477 e. The molecule has 84 valence electrons. The van der Waals surface area contributed by atoms with Crippen LogP contribution in [0.1, 0.15) is 20.3 Å². The third-order valence-electron chi connectivity index (χ3n) is 2.27. The Balaban J connectivity index is 2.38. The summed E-state index contributed by atoms with van der Waals surface area (Å²) in [5.74, 6) is 0.557. The van der Waals surface area contributed by atoms with E-state index in [4.69, 9.17) is 15.2 Å². The molecule has 0 aliphatic carbocycles. The van der Waals surface area contributed by atoms with Crippen molar-refractivity contribution >= 4 is 5.69 Å². The van der Waals surface area contributed by atoms with Crippen LogP contribution in [0.15, 0.2) is 18.3 Å². The molecule has 0 aliphatic heterocycles. The standard InChI is InChI=1S/C11H18N2O2/c1-11(2,14-3)5-7-15-10-8-9(12)4-6-13-10/h4,6,8H,5,7H2,1-3H3,(H2,12,13). The molecule has 0 atom stereocenters. The van der Waals surface area contributed by atoms with Gasteiger partial charge in [-0.1, -0.05) is 0 Å². The highest BCUT2D eigenvalue weighted by Gasteiger charge is 2.15. The normalized spacial score (nSPS) is 11.4. The zero-order valence-electron chi connectivity index (χ0n) is 9.49. The molecule has 0 aromatic carbocycles. The lowest BCUT2D eigenvalue weighted by Crippen LogP contribution is -2.25. The van der Waals surface area contributed by atoms with Crippen molar-refractivity contribution in [3.63, 3.8) is 0 Å². The molecule has 15 heavy (non-hydrogen) atoms. The number of methoxy groups -OCH3 is 1. The average Bonchev–Trinajstić information content (AvgIpc) is 2.18. The summed E-state index contributed by atoms with van der Waals surface area (Å²) < 4.78 is 10.7. The largest absolute Gasteiger partial charge is 0.477 e. The number of aromatic nitrogens is 1. The van der Waals surface area contributed by atoms with Crippen molar-refractivity contribution in [2.24, 2.45) is 0 Å². The van der Waals surface area contributed by atoms with Crippen LogP contribution in [0.3, 0.4) is 0 Å². The number of hydrogen-bond donors (Lipinski definition) is 1. The smallest absolute Gasteiger partial charge is 0.215 e. The molecule has 1 heterocycles. The highest BCUT2D eigenvalue weighted by atomic mass is 16.5. The SMILES string of the molecule is COC(C)(C)CCOc1cc(N)ccn1. The van der Waals surface area contributed by atoms with E-state index in [0.717, 1.165) is 6.42 Å². The van der Waals surface area contributed by atoms with E-state index in [1.54, 1.807) is 25.4 Å². The lowest BCUT2D eigenvalue weighted by Gasteiger charge is -2.22. The van der Waals surface area contributed by atoms with Crippen molar-refractivity contribution in [1.82, 2.24) is 4.98 Å². The van der Waals surface area contributed by atoms with Gasteiger partial charge in [0.1, 0.15) is 0 Å². The van der Waals surface area contributed by atoms with Crippen LogP contribution in [0.25, 0.3) is 0 Å². The zero-order valence-corrected chi connectivity index (χ0v) is 9.49. The summed E-state index contributed by atoms with van der Waals surface area (Å²) in [6.45, 7) is 4.60. The Morgan fingerprint density at radius 1 is 1.47 bits per heavy atom. The molecule has 1 rings (SSSR count). The number of nitrogens with zero attached hydrogens (tertiary/aromatic N) is 1. The van der Waals surface area contributed by atoms with Crippen molar-refractivity contribution in [3.05, 3.63) is 18.3 Å². The molecule has 1 aromatic heterocycles. The maximum Gasteiger partial charge on any atom is 0.215 e. The van der Waals surface area contributed by atoms with E-state index < -0.39 is 0 Å². The Hall–Kier alpha value is -1.29. The maximum absolute atomic E-state index is 5.60. The molecule has 1 aromatic rings. The van der Waals surface area contributed by atoms with Gasteiger partial charge in [-0.25, -0.2) is 4.98 Å². The second-order valence-electron chi connectivity index (χ2n) is 3.99. The van der Waals surface area contributed by atoms with E-state index in [-0.39, 0.29) is 5.60 Å². The van der Waals surface area contributed by atoms with E-state index in [9.17, 15) is 0 Å². The van der Waals surface area contributed by atoms with Gasteiger partial charge in [-0.3, -0.25) is 0 Å². The first-order chi connectivity index (χ1) is 7.03. The molecule has 0 amide bonds. The fraction of sp³-hybridized carbons (Fsp3) is 0.545. The number of rotatable bonds is 5. The van der Waals surface area contributed by atoms with Crippen LogP contribution in [0.4, 0.5) is 5.69 Å². The summed E-state index contributed by atoms with van der Waals surface area (Å²) in [7, 11) is 1.69. The summed E-state index contributed by atoms with van der Waals surface area (Å²) in [5.41, 5.74) is 6.09. The van der Waals surface area contributed by atoms with Gasteiger partial charge in [0, 0.05) is 31.5 Å². The average molecular weight is 210 g/mol. The Morgan fingerprint density at radius 2 is 2.20 bits per heavy atom. The van der Waals surface area contributed by atoms with Crippen LogP contribution >= 0.6 is 0 Å². The first-order valence-corrected chi connectivity index (χ1v) is 4.93. The third-order valence-corrected chi connectivity index (χ3v) is 2.27. The maximum atomic E-state index is 5.60. The molecule has 4 heteroatoms. The summed E-state index contributed by atoms with van der Waals surface area (Å²) in [6.07, 6.45) is 2.44. The Morgan fingerprint density at radius 3 is 2.80 bits per heavy atom. The van der Waals surface area contributed by atoms with Gasteiger partial charge in [-0.2, -0.15) is 0 Å². The lowest BCUT2D eigenvalue weighted by atomic mass is 10.1. The number of nitrogen functional groups attached to an aromatic ring is 1. The molecule has 0 saturated heterocycles. The Labute approximate surface area is 90.4 Å². The third kappa shape index (κ3) is 4.16. The molecular weight excluding hydrogens is 192 g/mol. The van der Waals surface area contributed by atoms with E-state index in [1.807, 2.05) is 13.8 Å². The number of hydrogen-bond acceptors (Lipinski definition) is 4. The number of pyridine rings is 1. The number of ether oxygens (including phenoxy) is 2. The second kappa shape index (κ2) is 4.98.